The monoisotopic (exact) mass is 286 g/mol. The molecule has 0 bridgehead atoms. The number of benzene rings is 1. The Morgan fingerprint density at radius 3 is 2.57 bits per heavy atom. The maximum absolute atomic E-state index is 4.67. The predicted molar refractivity (Wildman–Crippen MR) is 86.8 cm³/mol. The molecule has 1 heterocycles. The SMILES string of the molecule is CCCNC(C)c1ccccc1-n1nc(CC)nc1CC. The van der Waals surface area contributed by atoms with Crippen LogP contribution >= 0.6 is 0 Å². The van der Waals surface area contributed by atoms with Gasteiger partial charge >= 0.3 is 0 Å². The zero-order valence-corrected chi connectivity index (χ0v) is 13.6. The van der Waals surface area contributed by atoms with Crippen LogP contribution in [0.2, 0.25) is 0 Å². The Morgan fingerprint density at radius 2 is 1.90 bits per heavy atom. The summed E-state index contributed by atoms with van der Waals surface area (Å²) in [7, 11) is 0. The average Bonchev–Trinajstić information content (AvgIpc) is 2.95. The van der Waals surface area contributed by atoms with Crippen molar-refractivity contribution in [1.29, 1.82) is 0 Å². The summed E-state index contributed by atoms with van der Waals surface area (Å²) in [6, 6.07) is 8.77. The smallest absolute Gasteiger partial charge is 0.151 e. The second-order valence-corrected chi connectivity index (χ2v) is 5.30. The fourth-order valence-corrected chi connectivity index (χ4v) is 2.48. The van der Waals surface area contributed by atoms with E-state index in [4.69, 9.17) is 0 Å². The van der Waals surface area contributed by atoms with E-state index in [0.29, 0.717) is 6.04 Å². The maximum atomic E-state index is 4.67. The number of hydrogen-bond donors (Lipinski definition) is 1. The average molecular weight is 286 g/mol. The molecule has 1 atom stereocenters. The Balaban J connectivity index is 2.42. The first-order chi connectivity index (χ1) is 10.2. The first-order valence-corrected chi connectivity index (χ1v) is 7.98. The van der Waals surface area contributed by atoms with Crippen LogP contribution in [0.1, 0.15) is 57.4 Å². The zero-order valence-electron chi connectivity index (χ0n) is 13.6. The van der Waals surface area contributed by atoms with Crippen LogP contribution in [-0.2, 0) is 12.8 Å². The summed E-state index contributed by atoms with van der Waals surface area (Å²) in [6.07, 6.45) is 2.89. The number of nitrogens with zero attached hydrogens (tertiary/aromatic N) is 3. The Hall–Kier alpha value is -1.68. The van der Waals surface area contributed by atoms with Crippen molar-refractivity contribution in [3.63, 3.8) is 0 Å². The van der Waals surface area contributed by atoms with Crippen LogP contribution in [0.4, 0.5) is 0 Å². The van der Waals surface area contributed by atoms with Gasteiger partial charge in [0.15, 0.2) is 5.82 Å². The lowest BCUT2D eigenvalue weighted by atomic mass is 10.1. The lowest BCUT2D eigenvalue weighted by Crippen LogP contribution is -2.21. The second-order valence-electron chi connectivity index (χ2n) is 5.30. The van der Waals surface area contributed by atoms with Gasteiger partial charge in [0, 0.05) is 18.9 Å². The molecule has 1 unspecified atom stereocenters. The highest BCUT2D eigenvalue weighted by molar-refractivity contribution is 5.42. The summed E-state index contributed by atoms with van der Waals surface area (Å²) in [5.41, 5.74) is 2.41. The fourth-order valence-electron chi connectivity index (χ4n) is 2.48. The largest absolute Gasteiger partial charge is 0.310 e. The van der Waals surface area contributed by atoms with Gasteiger partial charge in [-0.25, -0.2) is 9.67 Å². The van der Waals surface area contributed by atoms with Crippen molar-refractivity contribution in [2.75, 3.05) is 6.54 Å². The normalized spacial score (nSPS) is 12.6. The van der Waals surface area contributed by atoms with Crippen molar-refractivity contribution in [1.82, 2.24) is 20.1 Å². The molecule has 2 rings (SSSR count). The van der Waals surface area contributed by atoms with E-state index in [9.17, 15) is 0 Å². The third kappa shape index (κ3) is 3.50. The van der Waals surface area contributed by atoms with Gasteiger partial charge in [0.1, 0.15) is 5.82 Å². The van der Waals surface area contributed by atoms with Gasteiger partial charge in [-0.15, -0.1) is 0 Å². The number of hydrogen-bond acceptors (Lipinski definition) is 3. The topological polar surface area (TPSA) is 42.7 Å². The van der Waals surface area contributed by atoms with E-state index in [2.05, 4.69) is 67.4 Å². The van der Waals surface area contributed by atoms with Crippen LogP contribution in [0, 0.1) is 0 Å². The van der Waals surface area contributed by atoms with Crippen molar-refractivity contribution >= 4 is 0 Å². The quantitative estimate of drug-likeness (QED) is 0.847. The zero-order chi connectivity index (χ0) is 15.2. The van der Waals surface area contributed by atoms with Crippen LogP contribution < -0.4 is 5.32 Å². The standard InChI is InChI=1S/C17H26N4/c1-5-12-18-13(4)14-10-8-9-11-15(14)21-17(7-3)19-16(6-2)20-21/h8-11,13,18H,5-7,12H2,1-4H3. The lowest BCUT2D eigenvalue weighted by molar-refractivity contribution is 0.566. The van der Waals surface area contributed by atoms with Gasteiger partial charge in [-0.3, -0.25) is 0 Å². The molecular weight excluding hydrogens is 260 g/mol. The van der Waals surface area contributed by atoms with Gasteiger partial charge < -0.3 is 5.32 Å². The van der Waals surface area contributed by atoms with Crippen LogP contribution in [-0.4, -0.2) is 21.3 Å². The third-order valence-electron chi connectivity index (χ3n) is 3.68. The summed E-state index contributed by atoms with van der Waals surface area (Å²) in [5, 5.41) is 8.23. The van der Waals surface area contributed by atoms with Gasteiger partial charge in [0.2, 0.25) is 0 Å². The molecule has 0 radical (unpaired) electrons. The first-order valence-electron chi connectivity index (χ1n) is 7.98. The van der Waals surface area contributed by atoms with Crippen LogP contribution in [0.15, 0.2) is 24.3 Å². The van der Waals surface area contributed by atoms with Crippen LogP contribution in [0.5, 0.6) is 0 Å². The minimum absolute atomic E-state index is 0.306. The Kier molecular flexibility index (Phi) is 5.51. The number of nitrogens with one attached hydrogen (secondary N) is 1. The Bertz CT molecular complexity index is 574. The Morgan fingerprint density at radius 1 is 1.14 bits per heavy atom. The van der Waals surface area contributed by atoms with E-state index < -0.39 is 0 Å². The molecule has 0 saturated carbocycles. The second kappa shape index (κ2) is 7.36. The molecule has 0 saturated heterocycles. The minimum atomic E-state index is 0.306. The van der Waals surface area contributed by atoms with E-state index >= 15 is 0 Å². The molecular formula is C17H26N4. The van der Waals surface area contributed by atoms with E-state index in [0.717, 1.165) is 43.1 Å². The first kappa shape index (κ1) is 15.7. The Labute approximate surface area is 127 Å². The van der Waals surface area contributed by atoms with E-state index in [1.54, 1.807) is 0 Å². The molecule has 0 spiro atoms. The van der Waals surface area contributed by atoms with E-state index in [-0.39, 0.29) is 0 Å². The predicted octanol–water partition coefficient (Wildman–Crippen LogP) is 3.45. The molecule has 4 nitrogen and oxygen atoms in total. The van der Waals surface area contributed by atoms with Crippen molar-refractivity contribution < 1.29 is 0 Å². The lowest BCUT2D eigenvalue weighted by Gasteiger charge is -2.18. The number of para-hydroxylation sites is 1. The maximum Gasteiger partial charge on any atom is 0.151 e. The summed E-state index contributed by atoms with van der Waals surface area (Å²) in [5.74, 6) is 1.94. The molecule has 0 fully saturated rings. The summed E-state index contributed by atoms with van der Waals surface area (Å²) in [4.78, 5) is 4.62. The number of rotatable bonds is 7. The molecule has 0 aliphatic carbocycles. The molecule has 21 heavy (non-hydrogen) atoms. The molecule has 4 heteroatoms. The number of aryl methyl sites for hydroxylation is 2. The molecule has 1 aromatic heterocycles. The van der Waals surface area contributed by atoms with Crippen molar-refractivity contribution in [3.8, 4) is 5.69 Å². The summed E-state index contributed by atoms with van der Waals surface area (Å²) in [6.45, 7) is 9.63. The molecule has 0 amide bonds. The van der Waals surface area contributed by atoms with Gasteiger partial charge in [0.05, 0.1) is 5.69 Å². The van der Waals surface area contributed by atoms with Gasteiger partial charge in [-0.1, -0.05) is 39.0 Å². The number of aromatic nitrogens is 3. The highest BCUT2D eigenvalue weighted by Gasteiger charge is 2.15. The van der Waals surface area contributed by atoms with Crippen LogP contribution in [0.3, 0.4) is 0 Å². The molecule has 0 aliphatic rings. The summed E-state index contributed by atoms with van der Waals surface area (Å²) < 4.78 is 2.01. The highest BCUT2D eigenvalue weighted by atomic mass is 15.4. The third-order valence-corrected chi connectivity index (χ3v) is 3.68. The fraction of sp³-hybridized carbons (Fsp3) is 0.529. The van der Waals surface area contributed by atoms with Crippen LogP contribution in [0.25, 0.3) is 5.69 Å². The minimum Gasteiger partial charge on any atom is -0.310 e. The van der Waals surface area contributed by atoms with E-state index in [1.807, 2.05) is 4.68 Å². The molecule has 0 aliphatic heterocycles. The van der Waals surface area contributed by atoms with Gasteiger partial charge in [0.25, 0.3) is 0 Å². The van der Waals surface area contributed by atoms with E-state index in [1.165, 1.54) is 5.56 Å². The molecule has 1 aromatic carbocycles. The van der Waals surface area contributed by atoms with Crippen molar-refractivity contribution in [2.45, 2.75) is 53.0 Å². The summed E-state index contributed by atoms with van der Waals surface area (Å²) >= 11 is 0. The molecule has 114 valence electrons. The highest BCUT2D eigenvalue weighted by Crippen LogP contribution is 2.22. The van der Waals surface area contributed by atoms with Gasteiger partial charge in [-0.2, -0.15) is 5.10 Å². The van der Waals surface area contributed by atoms with Crippen molar-refractivity contribution in [3.05, 3.63) is 41.5 Å². The van der Waals surface area contributed by atoms with Crippen molar-refractivity contribution in [2.24, 2.45) is 0 Å². The molecule has 2 aromatic rings. The van der Waals surface area contributed by atoms with Gasteiger partial charge in [-0.05, 0) is 31.5 Å². The molecule has 1 N–H and O–H groups in total.